The minimum Gasteiger partial charge on any atom is -0.377 e. The third-order valence-electron chi connectivity index (χ3n) is 3.59. The lowest BCUT2D eigenvalue weighted by Crippen LogP contribution is -2.22. The molecule has 0 radical (unpaired) electrons. The van der Waals surface area contributed by atoms with E-state index in [1.54, 1.807) is 0 Å². The van der Waals surface area contributed by atoms with E-state index < -0.39 is 0 Å². The number of hydrogen-bond acceptors (Lipinski definition) is 2. The molecular formula is C18H25NO. The molecule has 108 valence electrons. The van der Waals surface area contributed by atoms with Crippen LogP contribution in [0.15, 0.2) is 42.5 Å². The van der Waals surface area contributed by atoms with Gasteiger partial charge in [0.1, 0.15) is 0 Å². The molecule has 2 aromatic rings. The van der Waals surface area contributed by atoms with Crippen LogP contribution in [-0.2, 0) is 4.74 Å². The van der Waals surface area contributed by atoms with E-state index in [1.165, 1.54) is 16.3 Å². The van der Waals surface area contributed by atoms with E-state index >= 15 is 0 Å². The van der Waals surface area contributed by atoms with Gasteiger partial charge in [0, 0.05) is 0 Å². The fraction of sp³-hybridized carbons (Fsp3) is 0.444. The molecule has 0 saturated heterocycles. The fourth-order valence-electron chi connectivity index (χ4n) is 2.66. The third-order valence-corrected chi connectivity index (χ3v) is 3.59. The molecule has 2 N–H and O–H groups in total. The molecular weight excluding hydrogens is 246 g/mol. The maximum absolute atomic E-state index is 6.32. The molecule has 0 aliphatic heterocycles. The van der Waals surface area contributed by atoms with Crippen molar-refractivity contribution in [3.8, 4) is 0 Å². The second kappa shape index (κ2) is 6.87. The number of hydrogen-bond donors (Lipinski definition) is 1. The van der Waals surface area contributed by atoms with Crippen molar-refractivity contribution >= 4 is 10.8 Å². The molecule has 0 aromatic heterocycles. The van der Waals surface area contributed by atoms with E-state index in [-0.39, 0.29) is 12.1 Å². The lowest BCUT2D eigenvalue weighted by molar-refractivity contribution is 0.0432. The van der Waals surface area contributed by atoms with Crippen LogP contribution < -0.4 is 5.73 Å². The molecule has 2 rings (SSSR count). The van der Waals surface area contributed by atoms with Crippen molar-refractivity contribution in [3.05, 3.63) is 48.0 Å². The van der Waals surface area contributed by atoms with Crippen LogP contribution >= 0.6 is 0 Å². The van der Waals surface area contributed by atoms with Gasteiger partial charge in [0.25, 0.3) is 0 Å². The topological polar surface area (TPSA) is 35.2 Å². The summed E-state index contributed by atoms with van der Waals surface area (Å²) in [7, 11) is 0. The summed E-state index contributed by atoms with van der Waals surface area (Å²) in [6, 6.07) is 14.6. The van der Waals surface area contributed by atoms with Crippen molar-refractivity contribution in [3.63, 3.8) is 0 Å². The summed E-state index contributed by atoms with van der Waals surface area (Å²) in [4.78, 5) is 0. The summed E-state index contributed by atoms with van der Waals surface area (Å²) in [5.74, 6) is 0.652. The van der Waals surface area contributed by atoms with Gasteiger partial charge in [-0.25, -0.2) is 0 Å². The number of ether oxygens (including phenoxy) is 1. The molecule has 20 heavy (non-hydrogen) atoms. The van der Waals surface area contributed by atoms with Crippen LogP contribution in [0.5, 0.6) is 0 Å². The lowest BCUT2D eigenvalue weighted by Gasteiger charge is -2.19. The maximum atomic E-state index is 6.32. The van der Waals surface area contributed by atoms with E-state index in [0.717, 1.165) is 6.42 Å². The van der Waals surface area contributed by atoms with Crippen LogP contribution in [0.2, 0.25) is 0 Å². The van der Waals surface area contributed by atoms with E-state index in [0.29, 0.717) is 12.5 Å². The highest BCUT2D eigenvalue weighted by Gasteiger charge is 2.12. The Hall–Kier alpha value is -1.38. The van der Waals surface area contributed by atoms with Crippen molar-refractivity contribution < 1.29 is 4.74 Å². The van der Waals surface area contributed by atoms with Crippen LogP contribution in [0.1, 0.15) is 38.8 Å². The molecule has 0 aliphatic carbocycles. The lowest BCUT2D eigenvalue weighted by atomic mass is 9.99. The van der Waals surface area contributed by atoms with E-state index in [2.05, 4.69) is 63.2 Å². The van der Waals surface area contributed by atoms with E-state index in [1.807, 2.05) is 0 Å². The molecule has 0 amide bonds. The van der Waals surface area contributed by atoms with Crippen LogP contribution in [0.3, 0.4) is 0 Å². The molecule has 0 spiro atoms. The Labute approximate surface area is 121 Å². The zero-order chi connectivity index (χ0) is 14.5. The highest BCUT2D eigenvalue weighted by molar-refractivity contribution is 5.86. The van der Waals surface area contributed by atoms with E-state index in [4.69, 9.17) is 10.5 Å². The quantitative estimate of drug-likeness (QED) is 0.850. The summed E-state index contributed by atoms with van der Waals surface area (Å²) >= 11 is 0. The predicted octanol–water partition coefficient (Wildman–Crippen LogP) is 4.29. The molecule has 0 bridgehead atoms. The Kier molecular flexibility index (Phi) is 5.16. The van der Waals surface area contributed by atoms with Crippen molar-refractivity contribution in [1.82, 2.24) is 0 Å². The summed E-state index contributed by atoms with van der Waals surface area (Å²) in [5.41, 5.74) is 7.48. The first-order valence-electron chi connectivity index (χ1n) is 7.42. The van der Waals surface area contributed by atoms with Gasteiger partial charge in [-0.3, -0.25) is 0 Å². The van der Waals surface area contributed by atoms with Crippen LogP contribution in [-0.4, -0.2) is 12.7 Å². The van der Waals surface area contributed by atoms with Gasteiger partial charge in [-0.2, -0.15) is 0 Å². The second-order valence-corrected chi connectivity index (χ2v) is 5.95. The first-order chi connectivity index (χ1) is 9.58. The van der Waals surface area contributed by atoms with E-state index in [9.17, 15) is 0 Å². The Morgan fingerprint density at radius 3 is 2.45 bits per heavy atom. The molecule has 2 unspecified atom stereocenters. The standard InChI is InChI=1S/C18H25NO/c1-13(2)11-14(3)20-12-18(19)17-10-6-8-15-7-4-5-9-16(15)17/h4-10,13-14,18H,11-12,19H2,1-3H3. The van der Waals surface area contributed by atoms with Crippen LogP contribution in [0.25, 0.3) is 10.8 Å². The summed E-state index contributed by atoms with van der Waals surface area (Å²) in [6.07, 6.45) is 1.33. The average molecular weight is 271 g/mol. The van der Waals surface area contributed by atoms with Crippen molar-refractivity contribution in [2.75, 3.05) is 6.61 Å². The SMILES string of the molecule is CC(C)CC(C)OCC(N)c1cccc2ccccc12. The van der Waals surface area contributed by atoms with Crippen molar-refractivity contribution in [2.24, 2.45) is 11.7 Å². The first kappa shape index (κ1) is 15.0. The number of rotatable bonds is 6. The smallest absolute Gasteiger partial charge is 0.0663 e. The zero-order valence-electron chi connectivity index (χ0n) is 12.7. The van der Waals surface area contributed by atoms with Gasteiger partial charge in [0.15, 0.2) is 0 Å². The molecule has 0 aliphatic rings. The molecule has 2 aromatic carbocycles. The first-order valence-corrected chi connectivity index (χ1v) is 7.42. The Morgan fingerprint density at radius 1 is 1.00 bits per heavy atom. The largest absolute Gasteiger partial charge is 0.377 e. The van der Waals surface area contributed by atoms with Gasteiger partial charge >= 0.3 is 0 Å². The van der Waals surface area contributed by atoms with Gasteiger partial charge in [-0.15, -0.1) is 0 Å². The minimum atomic E-state index is -0.0734. The third kappa shape index (κ3) is 3.81. The Balaban J connectivity index is 2.06. The van der Waals surface area contributed by atoms with Gasteiger partial charge in [0.05, 0.1) is 18.8 Å². The molecule has 0 heterocycles. The fourth-order valence-corrected chi connectivity index (χ4v) is 2.66. The highest BCUT2D eigenvalue weighted by atomic mass is 16.5. The summed E-state index contributed by atoms with van der Waals surface area (Å²) in [6.45, 7) is 7.12. The Bertz CT molecular complexity index is 545. The summed E-state index contributed by atoms with van der Waals surface area (Å²) in [5, 5.41) is 2.46. The number of nitrogens with two attached hydrogens (primary N) is 1. The van der Waals surface area contributed by atoms with Crippen LogP contribution in [0, 0.1) is 5.92 Å². The average Bonchev–Trinajstić information content (AvgIpc) is 2.43. The van der Waals surface area contributed by atoms with Crippen molar-refractivity contribution in [1.29, 1.82) is 0 Å². The normalized spacial score (nSPS) is 14.7. The molecule has 0 fully saturated rings. The predicted molar refractivity (Wildman–Crippen MR) is 85.7 cm³/mol. The van der Waals surface area contributed by atoms with Crippen molar-refractivity contribution in [2.45, 2.75) is 39.3 Å². The zero-order valence-corrected chi connectivity index (χ0v) is 12.7. The Morgan fingerprint density at radius 2 is 1.70 bits per heavy atom. The van der Waals surface area contributed by atoms with Gasteiger partial charge in [-0.1, -0.05) is 56.3 Å². The number of benzene rings is 2. The molecule has 2 heteroatoms. The second-order valence-electron chi connectivity index (χ2n) is 5.95. The van der Waals surface area contributed by atoms with Gasteiger partial charge < -0.3 is 10.5 Å². The molecule has 0 saturated carbocycles. The number of fused-ring (bicyclic) bond motifs is 1. The highest BCUT2D eigenvalue weighted by Crippen LogP contribution is 2.23. The monoisotopic (exact) mass is 271 g/mol. The summed E-state index contributed by atoms with van der Waals surface area (Å²) < 4.78 is 5.89. The van der Waals surface area contributed by atoms with Crippen LogP contribution in [0.4, 0.5) is 0 Å². The van der Waals surface area contributed by atoms with Gasteiger partial charge in [-0.05, 0) is 35.6 Å². The van der Waals surface area contributed by atoms with Gasteiger partial charge in [0.2, 0.25) is 0 Å². The molecule has 2 nitrogen and oxygen atoms in total. The maximum Gasteiger partial charge on any atom is 0.0663 e. The molecule has 2 atom stereocenters. The minimum absolute atomic E-state index is 0.0734.